The van der Waals surface area contributed by atoms with Gasteiger partial charge in [-0.05, 0) is 35.7 Å². The summed E-state index contributed by atoms with van der Waals surface area (Å²) in [4.78, 5) is 18.2. The first-order chi connectivity index (χ1) is 12.0. The summed E-state index contributed by atoms with van der Waals surface area (Å²) >= 11 is 0. The molecule has 25 heavy (non-hydrogen) atoms. The van der Waals surface area contributed by atoms with E-state index < -0.39 is 0 Å². The lowest BCUT2D eigenvalue weighted by Gasteiger charge is -2.23. The summed E-state index contributed by atoms with van der Waals surface area (Å²) in [7, 11) is 5.43. The van der Waals surface area contributed by atoms with Gasteiger partial charge in [0.05, 0.1) is 0 Å². The first-order valence-corrected chi connectivity index (χ1v) is 8.32. The lowest BCUT2D eigenvalue weighted by atomic mass is 10.1. The maximum atomic E-state index is 11.7. The number of carbonyl (C=O) groups is 1. The summed E-state index contributed by atoms with van der Waals surface area (Å²) in [6, 6.07) is 15.9. The molecule has 0 atom stereocenters. The van der Waals surface area contributed by atoms with Gasteiger partial charge in [0, 0.05) is 39.8 Å². The van der Waals surface area contributed by atoms with Crippen LogP contribution in [0.1, 0.15) is 27.0 Å². The molecule has 2 aromatic rings. The number of hydrogen-bond acceptors (Lipinski definition) is 2. The monoisotopic (exact) mass is 338 g/mol. The average Bonchev–Trinajstić information content (AvgIpc) is 2.63. The van der Waals surface area contributed by atoms with Crippen molar-refractivity contribution in [2.24, 2.45) is 4.99 Å². The Hall–Kier alpha value is -2.82. The van der Waals surface area contributed by atoms with Crippen LogP contribution in [0.3, 0.4) is 0 Å². The summed E-state index contributed by atoms with van der Waals surface area (Å²) in [5, 5.41) is 6.00. The van der Waals surface area contributed by atoms with Gasteiger partial charge in [0.2, 0.25) is 0 Å². The average molecular weight is 338 g/mol. The maximum Gasteiger partial charge on any atom is 0.251 e. The molecule has 2 aromatic carbocycles. The summed E-state index contributed by atoms with van der Waals surface area (Å²) in [6.07, 6.45) is 0. The van der Waals surface area contributed by atoms with E-state index in [-0.39, 0.29) is 5.91 Å². The van der Waals surface area contributed by atoms with Crippen LogP contribution in [0.4, 0.5) is 0 Å². The first kappa shape index (κ1) is 18.5. The fourth-order valence-electron chi connectivity index (χ4n) is 2.65. The number of amides is 1. The minimum Gasteiger partial charge on any atom is -0.355 e. The van der Waals surface area contributed by atoms with E-state index in [1.807, 2.05) is 37.4 Å². The van der Waals surface area contributed by atoms with Gasteiger partial charge in [0.25, 0.3) is 5.91 Å². The molecule has 0 unspecified atom stereocenters. The molecule has 0 spiro atoms. The van der Waals surface area contributed by atoms with Crippen molar-refractivity contribution in [3.05, 3.63) is 70.8 Å². The number of nitrogens with zero attached hydrogens (tertiary/aromatic N) is 2. The van der Waals surface area contributed by atoms with Crippen LogP contribution in [-0.2, 0) is 13.1 Å². The van der Waals surface area contributed by atoms with E-state index in [0.717, 1.165) is 18.1 Å². The predicted molar refractivity (Wildman–Crippen MR) is 103 cm³/mol. The van der Waals surface area contributed by atoms with Crippen molar-refractivity contribution in [1.29, 1.82) is 0 Å². The Morgan fingerprint density at radius 2 is 1.92 bits per heavy atom. The first-order valence-electron chi connectivity index (χ1n) is 8.32. The highest BCUT2D eigenvalue weighted by molar-refractivity contribution is 5.94. The third-order valence-corrected chi connectivity index (χ3v) is 4.11. The zero-order valence-electron chi connectivity index (χ0n) is 15.3. The molecule has 0 bridgehead atoms. The highest BCUT2D eigenvalue weighted by Crippen LogP contribution is 2.10. The zero-order chi connectivity index (χ0) is 18.2. The van der Waals surface area contributed by atoms with Gasteiger partial charge in [-0.15, -0.1) is 0 Å². The van der Waals surface area contributed by atoms with Crippen LogP contribution < -0.4 is 10.6 Å². The van der Waals surface area contributed by atoms with Crippen molar-refractivity contribution in [1.82, 2.24) is 15.5 Å². The van der Waals surface area contributed by atoms with Crippen molar-refractivity contribution >= 4 is 11.9 Å². The second-order valence-electron chi connectivity index (χ2n) is 5.96. The van der Waals surface area contributed by atoms with Gasteiger partial charge in [0.1, 0.15) is 0 Å². The molecular weight excluding hydrogens is 312 g/mol. The van der Waals surface area contributed by atoms with Gasteiger partial charge >= 0.3 is 0 Å². The van der Waals surface area contributed by atoms with E-state index in [2.05, 4.69) is 45.6 Å². The van der Waals surface area contributed by atoms with E-state index in [0.29, 0.717) is 12.1 Å². The van der Waals surface area contributed by atoms with Gasteiger partial charge in [-0.3, -0.25) is 9.79 Å². The number of guanidine groups is 1. The van der Waals surface area contributed by atoms with E-state index in [1.54, 1.807) is 14.1 Å². The molecule has 0 fully saturated rings. The molecule has 0 aromatic heterocycles. The van der Waals surface area contributed by atoms with Crippen molar-refractivity contribution in [2.75, 3.05) is 21.1 Å². The Labute approximate surface area is 149 Å². The molecule has 0 aliphatic heterocycles. The molecule has 0 radical (unpaired) electrons. The van der Waals surface area contributed by atoms with Gasteiger partial charge in [-0.2, -0.15) is 0 Å². The van der Waals surface area contributed by atoms with Gasteiger partial charge in [-0.25, -0.2) is 0 Å². The predicted octanol–water partition coefficient (Wildman–Crippen LogP) is 2.56. The molecule has 0 heterocycles. The van der Waals surface area contributed by atoms with Crippen LogP contribution in [-0.4, -0.2) is 37.9 Å². The van der Waals surface area contributed by atoms with E-state index in [1.165, 1.54) is 11.1 Å². The van der Waals surface area contributed by atoms with Crippen LogP contribution in [0.2, 0.25) is 0 Å². The van der Waals surface area contributed by atoms with Crippen LogP contribution in [0.5, 0.6) is 0 Å². The second-order valence-corrected chi connectivity index (χ2v) is 5.96. The van der Waals surface area contributed by atoms with Crippen LogP contribution >= 0.6 is 0 Å². The molecule has 0 aliphatic rings. The maximum absolute atomic E-state index is 11.7. The lowest BCUT2D eigenvalue weighted by molar-refractivity contribution is 0.0963. The number of benzene rings is 2. The fraction of sp³-hybridized carbons (Fsp3) is 0.300. The Morgan fingerprint density at radius 3 is 2.60 bits per heavy atom. The molecule has 0 aliphatic carbocycles. The fourth-order valence-corrected chi connectivity index (χ4v) is 2.65. The third-order valence-electron chi connectivity index (χ3n) is 4.11. The number of aryl methyl sites for hydroxylation is 1. The van der Waals surface area contributed by atoms with Crippen molar-refractivity contribution in [3.8, 4) is 0 Å². The molecule has 1 amide bonds. The Bertz CT molecular complexity index is 755. The molecule has 0 saturated heterocycles. The number of hydrogen-bond donors (Lipinski definition) is 2. The normalized spacial score (nSPS) is 11.1. The Balaban J connectivity index is 2.00. The highest BCUT2D eigenvalue weighted by atomic mass is 16.1. The van der Waals surface area contributed by atoms with Crippen molar-refractivity contribution < 1.29 is 4.79 Å². The Morgan fingerprint density at radius 1 is 1.16 bits per heavy atom. The van der Waals surface area contributed by atoms with Gasteiger partial charge in [-0.1, -0.05) is 36.4 Å². The van der Waals surface area contributed by atoms with Crippen molar-refractivity contribution in [2.45, 2.75) is 20.0 Å². The van der Waals surface area contributed by atoms with Crippen LogP contribution in [0, 0.1) is 6.92 Å². The molecule has 2 N–H and O–H groups in total. The summed E-state index contributed by atoms with van der Waals surface area (Å²) < 4.78 is 0. The van der Waals surface area contributed by atoms with Crippen LogP contribution in [0.25, 0.3) is 0 Å². The minimum absolute atomic E-state index is 0.0806. The summed E-state index contributed by atoms with van der Waals surface area (Å²) in [6.45, 7) is 3.50. The van der Waals surface area contributed by atoms with Gasteiger partial charge in [0.15, 0.2) is 5.96 Å². The summed E-state index contributed by atoms with van der Waals surface area (Å²) in [5.41, 5.74) is 4.23. The number of rotatable bonds is 5. The van der Waals surface area contributed by atoms with E-state index in [9.17, 15) is 4.79 Å². The molecule has 132 valence electrons. The smallest absolute Gasteiger partial charge is 0.251 e. The SMILES string of the molecule is CN=C(NCc1cccc(C(=O)NC)c1)N(C)Cc1ccccc1C. The number of carbonyl (C=O) groups excluding carboxylic acids is 1. The van der Waals surface area contributed by atoms with E-state index >= 15 is 0 Å². The number of nitrogens with one attached hydrogen (secondary N) is 2. The molecule has 5 heteroatoms. The number of aliphatic imine (C=N–C) groups is 1. The zero-order valence-corrected chi connectivity index (χ0v) is 15.3. The van der Waals surface area contributed by atoms with Gasteiger partial charge < -0.3 is 15.5 Å². The molecule has 5 nitrogen and oxygen atoms in total. The topological polar surface area (TPSA) is 56.7 Å². The summed E-state index contributed by atoms with van der Waals surface area (Å²) in [5.74, 6) is 0.733. The molecule has 0 saturated carbocycles. The molecule has 2 rings (SSSR count). The lowest BCUT2D eigenvalue weighted by Crippen LogP contribution is -2.38. The third kappa shape index (κ3) is 5.08. The van der Waals surface area contributed by atoms with Crippen LogP contribution in [0.15, 0.2) is 53.5 Å². The highest BCUT2D eigenvalue weighted by Gasteiger charge is 2.09. The molecular formula is C20H26N4O. The second kappa shape index (κ2) is 8.87. The Kier molecular flexibility index (Phi) is 6.57. The largest absolute Gasteiger partial charge is 0.355 e. The van der Waals surface area contributed by atoms with Crippen molar-refractivity contribution in [3.63, 3.8) is 0 Å². The standard InChI is InChI=1S/C20H26N4O/c1-15-8-5-6-10-18(15)14-24(4)20(22-3)23-13-16-9-7-11-17(12-16)19(25)21-2/h5-12H,13-14H2,1-4H3,(H,21,25)(H,22,23). The minimum atomic E-state index is -0.0806. The van der Waals surface area contributed by atoms with E-state index in [4.69, 9.17) is 0 Å². The quantitative estimate of drug-likeness (QED) is 0.651.